The van der Waals surface area contributed by atoms with Gasteiger partial charge in [0.05, 0.1) is 10.9 Å². The predicted molar refractivity (Wildman–Crippen MR) is 112 cm³/mol. The first kappa shape index (κ1) is 21.6. The van der Waals surface area contributed by atoms with E-state index in [1.165, 1.54) is 13.0 Å². The van der Waals surface area contributed by atoms with Gasteiger partial charge in [0.1, 0.15) is 28.8 Å². The highest BCUT2D eigenvalue weighted by molar-refractivity contribution is 6.13. The zero-order valence-corrected chi connectivity index (χ0v) is 18.0. The number of ether oxygens (including phenoxy) is 2. The van der Waals surface area contributed by atoms with Crippen LogP contribution in [-0.4, -0.2) is 22.5 Å². The Morgan fingerprint density at radius 3 is 2.50 bits per heavy atom. The number of esters is 1. The third-order valence-corrected chi connectivity index (χ3v) is 5.00. The van der Waals surface area contributed by atoms with Gasteiger partial charge >= 0.3 is 11.6 Å². The second-order valence-electron chi connectivity index (χ2n) is 8.26. The van der Waals surface area contributed by atoms with Crippen LogP contribution in [0, 0.1) is 5.92 Å². The number of benzene rings is 1. The zero-order valence-electron chi connectivity index (χ0n) is 18.0. The summed E-state index contributed by atoms with van der Waals surface area (Å²) >= 11 is 0. The molecule has 2 heterocycles. The average Bonchev–Trinajstić information content (AvgIpc) is 2.64. The Labute approximate surface area is 174 Å². The van der Waals surface area contributed by atoms with Crippen LogP contribution in [0.25, 0.3) is 17.0 Å². The van der Waals surface area contributed by atoms with Crippen molar-refractivity contribution < 1.29 is 28.6 Å². The first-order valence-electron chi connectivity index (χ1n) is 9.93. The Bertz CT molecular complexity index is 1120. The second kappa shape index (κ2) is 7.63. The molecule has 1 atom stereocenters. The van der Waals surface area contributed by atoms with Gasteiger partial charge < -0.3 is 19.0 Å². The van der Waals surface area contributed by atoms with Crippen LogP contribution in [0.5, 0.6) is 11.5 Å². The minimum Gasteiger partial charge on any atom is -0.506 e. The number of aromatic hydroxyl groups is 1. The first-order valence-corrected chi connectivity index (χ1v) is 9.93. The van der Waals surface area contributed by atoms with Crippen LogP contribution >= 0.6 is 0 Å². The lowest BCUT2D eigenvalue weighted by Crippen LogP contribution is -2.28. The topological polar surface area (TPSA) is 103 Å². The fourth-order valence-corrected chi connectivity index (χ4v) is 3.59. The number of Topliss-reactive ketones (excluding diaryl/α,β-unsaturated/α-hetero) is 1. The van der Waals surface area contributed by atoms with E-state index in [1.807, 2.05) is 20.8 Å². The van der Waals surface area contributed by atoms with Crippen LogP contribution in [-0.2, 0) is 9.53 Å². The smallest absolute Gasteiger partial charge is 0.336 e. The molecule has 30 heavy (non-hydrogen) atoms. The highest BCUT2D eigenvalue weighted by atomic mass is 16.5. The maximum atomic E-state index is 13.0. The number of ketones is 1. The van der Waals surface area contributed by atoms with E-state index in [2.05, 4.69) is 0 Å². The van der Waals surface area contributed by atoms with Gasteiger partial charge in [0.2, 0.25) is 0 Å². The molecular weight excluding hydrogens is 388 g/mol. The molecule has 7 nitrogen and oxygen atoms in total. The number of hydrogen-bond acceptors (Lipinski definition) is 7. The summed E-state index contributed by atoms with van der Waals surface area (Å²) in [5.41, 5.74) is -0.872. The molecule has 1 aromatic carbocycles. The van der Waals surface area contributed by atoms with Gasteiger partial charge in [0.15, 0.2) is 11.4 Å². The highest BCUT2D eigenvalue weighted by Gasteiger charge is 2.34. The molecule has 1 aliphatic heterocycles. The molecule has 1 N–H and O–H groups in total. The van der Waals surface area contributed by atoms with Gasteiger partial charge in [-0.25, -0.2) is 4.79 Å². The van der Waals surface area contributed by atoms with Crippen LogP contribution in [0.2, 0.25) is 0 Å². The summed E-state index contributed by atoms with van der Waals surface area (Å²) in [5, 5.41) is 11.3. The van der Waals surface area contributed by atoms with Gasteiger partial charge in [-0.1, -0.05) is 20.8 Å². The number of carbonyl (C=O) groups is 2. The molecule has 2 aromatic rings. The molecule has 160 valence electrons. The van der Waals surface area contributed by atoms with Crippen molar-refractivity contribution in [3.05, 3.63) is 39.3 Å². The maximum absolute atomic E-state index is 13.0. The predicted octanol–water partition coefficient (Wildman–Crippen LogP) is 4.54. The molecule has 0 aliphatic carbocycles. The van der Waals surface area contributed by atoms with Crippen LogP contribution in [0.15, 0.2) is 21.4 Å². The third-order valence-electron chi connectivity index (χ3n) is 5.00. The van der Waals surface area contributed by atoms with Crippen molar-refractivity contribution in [1.29, 1.82) is 0 Å². The molecule has 7 heteroatoms. The lowest BCUT2D eigenvalue weighted by Gasteiger charge is -2.31. The minimum atomic E-state index is -0.748. The summed E-state index contributed by atoms with van der Waals surface area (Å²) in [6.07, 6.45) is 3.10. The van der Waals surface area contributed by atoms with Crippen molar-refractivity contribution in [3.63, 3.8) is 0 Å². The fraction of sp³-hybridized carbons (Fsp3) is 0.435. The van der Waals surface area contributed by atoms with E-state index in [0.29, 0.717) is 22.9 Å². The van der Waals surface area contributed by atoms with E-state index in [-0.39, 0.29) is 28.4 Å². The van der Waals surface area contributed by atoms with Crippen molar-refractivity contribution in [2.75, 3.05) is 0 Å². The summed E-state index contributed by atoms with van der Waals surface area (Å²) in [4.78, 5) is 37.0. The Hall–Kier alpha value is -3.09. The summed E-state index contributed by atoms with van der Waals surface area (Å²) in [6.45, 7) is 10.2. The van der Waals surface area contributed by atoms with Gasteiger partial charge in [-0.05, 0) is 32.4 Å². The molecule has 0 saturated carbocycles. The molecular formula is C23H26O7. The zero-order chi connectivity index (χ0) is 22.4. The van der Waals surface area contributed by atoms with Gasteiger partial charge in [-0.3, -0.25) is 9.59 Å². The van der Waals surface area contributed by atoms with Gasteiger partial charge in [0, 0.05) is 24.5 Å². The third kappa shape index (κ3) is 3.72. The lowest BCUT2D eigenvalue weighted by molar-refractivity contribution is -0.146. The minimum absolute atomic E-state index is 0.0656. The largest absolute Gasteiger partial charge is 0.506 e. The van der Waals surface area contributed by atoms with Crippen LogP contribution < -0.4 is 10.4 Å². The van der Waals surface area contributed by atoms with Crippen molar-refractivity contribution >= 4 is 28.8 Å². The van der Waals surface area contributed by atoms with Crippen molar-refractivity contribution in [1.82, 2.24) is 0 Å². The number of fused-ring (bicyclic) bond motifs is 3. The summed E-state index contributed by atoms with van der Waals surface area (Å²) in [6, 6.07) is 1.25. The second-order valence-corrected chi connectivity index (χ2v) is 8.26. The Balaban J connectivity index is 2.52. The Morgan fingerprint density at radius 2 is 1.93 bits per heavy atom. The normalized spacial score (nSPS) is 15.6. The number of hydrogen-bond donors (Lipinski definition) is 1. The Kier molecular flexibility index (Phi) is 5.50. The molecule has 0 fully saturated rings. The average molecular weight is 414 g/mol. The van der Waals surface area contributed by atoms with E-state index >= 15 is 0 Å². The number of carbonyl (C=O) groups excluding carboxylic acids is 2. The quantitative estimate of drug-likeness (QED) is 0.435. The molecule has 0 spiro atoms. The van der Waals surface area contributed by atoms with E-state index in [9.17, 15) is 19.5 Å². The molecule has 1 aliphatic rings. The summed E-state index contributed by atoms with van der Waals surface area (Å²) in [5.74, 6) is -1.36. The molecule has 3 rings (SSSR count). The first-order chi connectivity index (χ1) is 14.0. The molecule has 0 radical (unpaired) electrons. The van der Waals surface area contributed by atoms with Crippen molar-refractivity contribution in [2.24, 2.45) is 5.92 Å². The summed E-state index contributed by atoms with van der Waals surface area (Å²) < 4.78 is 17.0. The highest BCUT2D eigenvalue weighted by Crippen LogP contribution is 2.48. The Morgan fingerprint density at radius 1 is 1.27 bits per heavy atom. The SMILES string of the molecule is CC[C@H](OC(C)=O)c1cc(=O)oc2c(C(=O)C(C)C)c(O)c3c(c12)OC(C)(C)C=C3. The standard InChI is InChI=1S/C23H26O7/c1-7-15(28-12(4)24)14-10-16(25)29-22-17(14)21-13(8-9-23(5,6)30-21)20(27)18(22)19(26)11(2)3/h8-11,15,27H,7H2,1-6H3/t15-/m0/s1. The van der Waals surface area contributed by atoms with Crippen LogP contribution in [0.1, 0.15) is 75.6 Å². The number of phenolic OH excluding ortho intramolecular Hbond substituents is 1. The van der Waals surface area contributed by atoms with E-state index in [0.717, 1.165) is 0 Å². The van der Waals surface area contributed by atoms with E-state index < -0.39 is 29.2 Å². The molecule has 0 bridgehead atoms. The monoisotopic (exact) mass is 414 g/mol. The maximum Gasteiger partial charge on any atom is 0.336 e. The van der Waals surface area contributed by atoms with Crippen LogP contribution in [0.4, 0.5) is 0 Å². The van der Waals surface area contributed by atoms with Crippen molar-refractivity contribution in [3.8, 4) is 11.5 Å². The molecule has 1 aromatic heterocycles. The molecule has 0 unspecified atom stereocenters. The molecule has 0 amide bonds. The van der Waals surface area contributed by atoms with Crippen molar-refractivity contribution in [2.45, 2.75) is 59.7 Å². The van der Waals surface area contributed by atoms with E-state index in [4.69, 9.17) is 13.9 Å². The summed E-state index contributed by atoms with van der Waals surface area (Å²) in [7, 11) is 0. The molecule has 0 saturated heterocycles. The van der Waals surface area contributed by atoms with Gasteiger partial charge in [0.25, 0.3) is 0 Å². The van der Waals surface area contributed by atoms with Crippen LogP contribution in [0.3, 0.4) is 0 Å². The number of rotatable bonds is 5. The van der Waals surface area contributed by atoms with E-state index in [1.54, 1.807) is 26.0 Å². The lowest BCUT2D eigenvalue weighted by atomic mass is 9.89. The van der Waals surface area contributed by atoms with Gasteiger partial charge in [-0.2, -0.15) is 0 Å². The number of phenols is 1. The fourth-order valence-electron chi connectivity index (χ4n) is 3.59. The van der Waals surface area contributed by atoms with Gasteiger partial charge in [-0.15, -0.1) is 0 Å².